The van der Waals surface area contributed by atoms with Crippen LogP contribution in [0.4, 0.5) is 0 Å². The van der Waals surface area contributed by atoms with Crippen molar-refractivity contribution in [2.24, 2.45) is 0 Å². The minimum absolute atomic E-state index is 0. The first-order valence-electron chi connectivity index (χ1n) is 8.13. The molecule has 120 valence electrons. The molecule has 0 saturated carbocycles. The van der Waals surface area contributed by atoms with Crippen LogP contribution >= 0.6 is 0 Å². The van der Waals surface area contributed by atoms with Crippen LogP contribution in [0, 0.1) is 0 Å². The first kappa shape index (κ1) is 16.8. The second kappa shape index (κ2) is 7.26. The van der Waals surface area contributed by atoms with Gasteiger partial charge in [-0.2, -0.15) is 4.57 Å². The number of benzene rings is 2. The second-order valence-corrected chi connectivity index (χ2v) is 5.87. The van der Waals surface area contributed by atoms with Crippen molar-refractivity contribution in [2.45, 2.75) is 19.9 Å². The predicted octanol–water partition coefficient (Wildman–Crippen LogP) is 1.76. The van der Waals surface area contributed by atoms with Crippen molar-refractivity contribution in [1.82, 2.24) is 4.98 Å². The summed E-state index contributed by atoms with van der Waals surface area (Å²) in [7, 11) is 0. The summed E-state index contributed by atoms with van der Waals surface area (Å²) in [4.78, 5) is 4.84. The summed E-state index contributed by atoms with van der Waals surface area (Å²) in [5.74, 6) is 0. The molecule has 0 unspecified atom stereocenters. The minimum atomic E-state index is 0. The monoisotopic (exact) mass is 426 g/mol. The van der Waals surface area contributed by atoms with Crippen molar-refractivity contribution >= 4 is 21.8 Å². The summed E-state index contributed by atoms with van der Waals surface area (Å²) >= 11 is 0. The van der Waals surface area contributed by atoms with E-state index in [1.807, 2.05) is 6.07 Å². The Labute approximate surface area is 159 Å². The highest BCUT2D eigenvalue weighted by Gasteiger charge is 2.12. The first-order valence-corrected chi connectivity index (χ1v) is 8.13. The molecule has 0 amide bonds. The molecule has 4 rings (SSSR count). The summed E-state index contributed by atoms with van der Waals surface area (Å²) in [6.07, 6.45) is 3.34. The third-order valence-electron chi connectivity index (χ3n) is 4.21. The van der Waals surface area contributed by atoms with Gasteiger partial charge in [0.1, 0.15) is 6.54 Å². The smallest absolute Gasteiger partial charge is 0.212 e. The maximum Gasteiger partial charge on any atom is 0.212 e. The Hall–Kier alpha value is -2.01. The summed E-state index contributed by atoms with van der Waals surface area (Å²) in [5, 5.41) is 2.44. The molecular formula is C21H19IN2. The third kappa shape index (κ3) is 3.13. The molecule has 0 N–H and O–H groups in total. The van der Waals surface area contributed by atoms with Crippen molar-refractivity contribution in [3.63, 3.8) is 0 Å². The Morgan fingerprint density at radius 1 is 0.875 bits per heavy atom. The van der Waals surface area contributed by atoms with Gasteiger partial charge in [0.05, 0.1) is 16.8 Å². The lowest BCUT2D eigenvalue weighted by atomic mass is 10.1. The van der Waals surface area contributed by atoms with E-state index >= 15 is 0 Å². The fourth-order valence-electron chi connectivity index (χ4n) is 3.11. The zero-order valence-electron chi connectivity index (χ0n) is 13.6. The average Bonchev–Trinajstić information content (AvgIpc) is 2.61. The molecule has 2 aromatic carbocycles. The minimum Gasteiger partial charge on any atom is -1.00 e. The van der Waals surface area contributed by atoms with Gasteiger partial charge in [0, 0.05) is 23.3 Å². The fraction of sp³-hybridized carbons (Fsp3) is 0.143. The van der Waals surface area contributed by atoms with Crippen molar-refractivity contribution in [1.29, 1.82) is 0 Å². The number of aromatic nitrogens is 2. The van der Waals surface area contributed by atoms with Gasteiger partial charge in [-0.3, -0.25) is 0 Å². The van der Waals surface area contributed by atoms with Gasteiger partial charge in [-0.1, -0.05) is 43.3 Å². The largest absolute Gasteiger partial charge is 1.00 e. The number of aryl methyl sites for hydroxylation is 1. The van der Waals surface area contributed by atoms with Crippen LogP contribution in [0.3, 0.4) is 0 Å². The quantitative estimate of drug-likeness (QED) is 0.361. The highest BCUT2D eigenvalue weighted by atomic mass is 127. The van der Waals surface area contributed by atoms with Crippen LogP contribution in [0.25, 0.3) is 33.1 Å². The molecule has 0 fully saturated rings. The summed E-state index contributed by atoms with van der Waals surface area (Å²) in [6.45, 7) is 3.23. The van der Waals surface area contributed by atoms with Crippen LogP contribution in [0.1, 0.15) is 13.3 Å². The molecule has 0 aliphatic rings. The molecule has 3 heteroatoms. The van der Waals surface area contributed by atoms with Gasteiger partial charge in [-0.05, 0) is 24.3 Å². The van der Waals surface area contributed by atoms with Gasteiger partial charge in [0.25, 0.3) is 0 Å². The van der Waals surface area contributed by atoms with Crippen molar-refractivity contribution in [2.75, 3.05) is 0 Å². The predicted molar refractivity (Wildman–Crippen MR) is 95.2 cm³/mol. The number of hydrogen-bond acceptors (Lipinski definition) is 1. The van der Waals surface area contributed by atoms with Crippen LogP contribution in [0.5, 0.6) is 0 Å². The van der Waals surface area contributed by atoms with Gasteiger partial charge in [-0.15, -0.1) is 0 Å². The first-order chi connectivity index (χ1) is 11.3. The number of rotatable bonds is 3. The van der Waals surface area contributed by atoms with Crippen LogP contribution in [-0.2, 0) is 6.54 Å². The third-order valence-corrected chi connectivity index (χ3v) is 4.21. The van der Waals surface area contributed by atoms with Gasteiger partial charge >= 0.3 is 0 Å². The van der Waals surface area contributed by atoms with Gasteiger partial charge in [0.2, 0.25) is 5.52 Å². The van der Waals surface area contributed by atoms with E-state index < -0.39 is 0 Å². The molecule has 2 heterocycles. The number of fused-ring (bicyclic) bond motifs is 2. The summed E-state index contributed by atoms with van der Waals surface area (Å²) in [5.41, 5.74) is 4.52. The lowest BCUT2D eigenvalue weighted by molar-refractivity contribution is -0.670. The Kier molecular flexibility index (Phi) is 5.09. The lowest BCUT2D eigenvalue weighted by Gasteiger charge is -2.06. The van der Waals surface area contributed by atoms with Crippen molar-refractivity contribution in [3.8, 4) is 11.3 Å². The zero-order chi connectivity index (χ0) is 15.6. The average molecular weight is 426 g/mol. The number of pyridine rings is 2. The molecule has 0 atom stereocenters. The number of para-hydroxylation sites is 2. The molecule has 24 heavy (non-hydrogen) atoms. The Bertz CT molecular complexity index is 995. The fourth-order valence-corrected chi connectivity index (χ4v) is 3.11. The van der Waals surface area contributed by atoms with Crippen LogP contribution in [0.2, 0.25) is 0 Å². The number of hydrogen-bond donors (Lipinski definition) is 0. The summed E-state index contributed by atoms with van der Waals surface area (Å²) < 4.78 is 2.33. The topological polar surface area (TPSA) is 16.8 Å². The normalized spacial score (nSPS) is 10.7. The molecule has 0 aliphatic carbocycles. The van der Waals surface area contributed by atoms with E-state index in [1.54, 1.807) is 0 Å². The second-order valence-electron chi connectivity index (χ2n) is 5.87. The standard InChI is InChI=1S/C21H19N2.HI/c1-2-13-23-15-18(14-17-8-4-6-10-21(17)23)20-12-11-16-7-3-5-9-19(16)22-20;/h3-12,14-15H,2,13H2,1H3;1H/q+1;/p-1. The van der Waals surface area contributed by atoms with E-state index in [9.17, 15) is 0 Å². The molecule has 0 saturated heterocycles. The molecule has 0 bridgehead atoms. The lowest BCUT2D eigenvalue weighted by Crippen LogP contribution is -3.00. The van der Waals surface area contributed by atoms with Crippen molar-refractivity contribution in [3.05, 3.63) is 72.9 Å². The molecular weight excluding hydrogens is 407 g/mol. The van der Waals surface area contributed by atoms with Gasteiger partial charge in [0.15, 0.2) is 6.20 Å². The van der Waals surface area contributed by atoms with E-state index in [0.717, 1.165) is 24.2 Å². The van der Waals surface area contributed by atoms with Crippen LogP contribution < -0.4 is 28.5 Å². The molecule has 4 aromatic rings. The molecule has 0 radical (unpaired) electrons. The van der Waals surface area contributed by atoms with E-state index in [0.29, 0.717) is 0 Å². The highest BCUT2D eigenvalue weighted by Crippen LogP contribution is 2.23. The Balaban J connectivity index is 0.00000169. The maximum atomic E-state index is 4.84. The summed E-state index contributed by atoms with van der Waals surface area (Å²) in [6, 6.07) is 23.3. The van der Waals surface area contributed by atoms with Gasteiger partial charge in [-0.25, -0.2) is 4.98 Å². The Morgan fingerprint density at radius 2 is 1.62 bits per heavy atom. The molecule has 0 spiro atoms. The number of halogens is 1. The van der Waals surface area contributed by atoms with E-state index in [1.165, 1.54) is 21.9 Å². The molecule has 0 aliphatic heterocycles. The van der Waals surface area contributed by atoms with E-state index in [-0.39, 0.29) is 24.0 Å². The number of nitrogens with zero attached hydrogens (tertiary/aromatic N) is 2. The van der Waals surface area contributed by atoms with E-state index in [4.69, 9.17) is 4.98 Å². The molecule has 2 aromatic heterocycles. The van der Waals surface area contributed by atoms with Gasteiger partial charge < -0.3 is 24.0 Å². The molecule has 2 nitrogen and oxygen atoms in total. The Morgan fingerprint density at radius 3 is 2.46 bits per heavy atom. The zero-order valence-corrected chi connectivity index (χ0v) is 15.8. The van der Waals surface area contributed by atoms with E-state index in [2.05, 4.69) is 78.4 Å². The van der Waals surface area contributed by atoms with Crippen molar-refractivity contribution < 1.29 is 28.5 Å². The van der Waals surface area contributed by atoms with Crippen LogP contribution in [-0.4, -0.2) is 4.98 Å². The maximum absolute atomic E-state index is 4.84. The van der Waals surface area contributed by atoms with Crippen LogP contribution in [0.15, 0.2) is 72.9 Å². The SMILES string of the molecule is CCC[n+]1cc(-c2ccc3ccccc3n2)cc2ccccc21.[I-]. The highest BCUT2D eigenvalue weighted by molar-refractivity contribution is 5.84.